The highest BCUT2D eigenvalue weighted by Crippen LogP contribution is 2.49. The second-order valence-corrected chi connectivity index (χ2v) is 11.1. The zero-order chi connectivity index (χ0) is 20.0. The molecule has 4 fully saturated rings. The van der Waals surface area contributed by atoms with Crippen LogP contribution >= 0.6 is 11.8 Å². The maximum absolute atomic E-state index is 12.9. The van der Waals surface area contributed by atoms with Crippen LogP contribution in [0.2, 0.25) is 0 Å². The summed E-state index contributed by atoms with van der Waals surface area (Å²) in [5.74, 6) is 3.60. The number of piperidine rings is 1. The number of thioether (sulfide) groups is 1. The fraction of sp³-hybridized carbons (Fsp3) is 0.864. The van der Waals surface area contributed by atoms with Gasteiger partial charge in [0.05, 0.1) is 5.25 Å². The number of fused-ring (bicyclic) bond motifs is 2. The van der Waals surface area contributed by atoms with Gasteiger partial charge < -0.3 is 10.2 Å². The third-order valence-corrected chi connectivity index (χ3v) is 8.71. The van der Waals surface area contributed by atoms with E-state index >= 15 is 0 Å². The van der Waals surface area contributed by atoms with Crippen LogP contribution in [-0.4, -0.2) is 45.1 Å². The van der Waals surface area contributed by atoms with Crippen molar-refractivity contribution in [1.29, 1.82) is 0 Å². The maximum atomic E-state index is 12.9. The quantitative estimate of drug-likeness (QED) is 0.679. The number of amides is 1. The first-order valence-corrected chi connectivity index (χ1v) is 12.6. The number of anilines is 1. The molecule has 0 spiro atoms. The summed E-state index contributed by atoms with van der Waals surface area (Å²) in [4.78, 5) is 15.3. The third-order valence-electron chi connectivity index (χ3n) is 7.65. The molecule has 1 saturated heterocycles. The summed E-state index contributed by atoms with van der Waals surface area (Å²) in [6.45, 7) is 6.38. The number of hydrogen-bond acceptors (Lipinski definition) is 5. The summed E-state index contributed by atoms with van der Waals surface area (Å²) in [6.07, 6.45) is 11.7. The Hall–Kier alpha value is -1.24. The van der Waals surface area contributed by atoms with Crippen molar-refractivity contribution in [3.63, 3.8) is 0 Å². The second-order valence-electron chi connectivity index (χ2n) is 9.83. The lowest BCUT2D eigenvalue weighted by molar-refractivity contribution is -0.121. The molecular weight excluding hydrogens is 382 g/mol. The number of carbonyl (C=O) groups excluding carboxylic acids is 1. The van der Waals surface area contributed by atoms with E-state index in [2.05, 4.69) is 31.9 Å². The zero-order valence-corrected chi connectivity index (χ0v) is 18.7. The molecule has 3 aliphatic carbocycles. The predicted octanol–water partition coefficient (Wildman–Crippen LogP) is 4.02. The molecule has 1 amide bonds. The first kappa shape index (κ1) is 19.7. The Labute approximate surface area is 178 Å². The molecular formula is C22H35N5OS. The Morgan fingerprint density at radius 2 is 1.86 bits per heavy atom. The van der Waals surface area contributed by atoms with Crippen molar-refractivity contribution in [3.8, 4) is 0 Å². The van der Waals surface area contributed by atoms with Gasteiger partial charge in [0.1, 0.15) is 0 Å². The minimum atomic E-state index is -0.146. The number of aromatic nitrogens is 3. The molecule has 1 aromatic heterocycles. The Kier molecular flexibility index (Phi) is 5.52. The molecule has 0 aromatic carbocycles. The van der Waals surface area contributed by atoms with Gasteiger partial charge in [0.2, 0.25) is 11.9 Å². The van der Waals surface area contributed by atoms with E-state index in [9.17, 15) is 4.79 Å². The fourth-order valence-electron chi connectivity index (χ4n) is 5.88. The van der Waals surface area contributed by atoms with E-state index < -0.39 is 0 Å². The fourth-order valence-corrected chi connectivity index (χ4v) is 6.80. The molecule has 7 heteroatoms. The van der Waals surface area contributed by atoms with Crippen LogP contribution in [0.1, 0.15) is 77.7 Å². The van der Waals surface area contributed by atoms with Gasteiger partial charge in [-0.05, 0) is 83.0 Å². The van der Waals surface area contributed by atoms with Gasteiger partial charge in [0.25, 0.3) is 0 Å². The molecule has 29 heavy (non-hydrogen) atoms. The van der Waals surface area contributed by atoms with E-state index in [1.807, 2.05) is 6.92 Å². The standard InChI is InChI=1S/C22H35N5OS/c1-14(19-13-16-6-7-17(19)12-16)23-20(28)15(2)29-22-25-24-21(27(22)18-8-9-18)26-10-4-3-5-11-26/h14-19H,3-13H2,1-2H3,(H,23,28). The van der Waals surface area contributed by atoms with Gasteiger partial charge in [0.15, 0.2) is 5.16 Å². The molecule has 1 N–H and O–H groups in total. The average molecular weight is 418 g/mol. The van der Waals surface area contributed by atoms with E-state index in [4.69, 9.17) is 0 Å². The monoisotopic (exact) mass is 417 g/mol. The van der Waals surface area contributed by atoms with Crippen molar-refractivity contribution in [2.75, 3.05) is 18.0 Å². The molecule has 5 unspecified atom stereocenters. The number of nitrogens with zero attached hydrogens (tertiary/aromatic N) is 4. The summed E-state index contributed by atoms with van der Waals surface area (Å²) >= 11 is 1.58. The SMILES string of the molecule is CC(Sc1nnc(N2CCCCC2)n1C1CC1)C(=O)NC(C)C1CC2CCC1C2. The summed E-state index contributed by atoms with van der Waals surface area (Å²) in [7, 11) is 0. The van der Waals surface area contributed by atoms with Gasteiger partial charge in [-0.3, -0.25) is 9.36 Å². The minimum absolute atomic E-state index is 0.146. The van der Waals surface area contributed by atoms with Gasteiger partial charge >= 0.3 is 0 Å². The van der Waals surface area contributed by atoms with Crippen molar-refractivity contribution in [3.05, 3.63) is 0 Å². The summed E-state index contributed by atoms with van der Waals surface area (Å²) in [5, 5.41) is 13.2. The van der Waals surface area contributed by atoms with Crippen molar-refractivity contribution in [2.24, 2.45) is 17.8 Å². The van der Waals surface area contributed by atoms with Gasteiger partial charge in [-0.2, -0.15) is 0 Å². The smallest absolute Gasteiger partial charge is 0.233 e. The maximum Gasteiger partial charge on any atom is 0.233 e. The van der Waals surface area contributed by atoms with Crippen LogP contribution in [-0.2, 0) is 4.79 Å². The van der Waals surface area contributed by atoms with E-state index in [1.165, 1.54) is 57.8 Å². The van der Waals surface area contributed by atoms with E-state index in [0.717, 1.165) is 36.0 Å². The number of nitrogens with one attached hydrogen (secondary N) is 1. The Morgan fingerprint density at radius 1 is 1.07 bits per heavy atom. The molecule has 1 aliphatic heterocycles. The van der Waals surface area contributed by atoms with Gasteiger partial charge in [-0.25, -0.2) is 0 Å². The van der Waals surface area contributed by atoms with E-state index in [1.54, 1.807) is 11.8 Å². The molecule has 0 radical (unpaired) electrons. The molecule has 1 aromatic rings. The lowest BCUT2D eigenvalue weighted by Gasteiger charge is -2.29. The van der Waals surface area contributed by atoms with E-state index in [-0.39, 0.29) is 17.2 Å². The second kappa shape index (κ2) is 8.12. The largest absolute Gasteiger partial charge is 0.352 e. The highest BCUT2D eigenvalue weighted by molar-refractivity contribution is 8.00. The van der Waals surface area contributed by atoms with Crippen molar-refractivity contribution >= 4 is 23.6 Å². The van der Waals surface area contributed by atoms with Gasteiger partial charge in [-0.1, -0.05) is 18.2 Å². The normalized spacial score (nSPS) is 31.1. The minimum Gasteiger partial charge on any atom is -0.352 e. The molecule has 160 valence electrons. The van der Waals surface area contributed by atoms with Crippen LogP contribution in [0.4, 0.5) is 5.95 Å². The lowest BCUT2D eigenvalue weighted by atomic mass is 9.84. The van der Waals surface area contributed by atoms with Crippen molar-refractivity contribution < 1.29 is 4.79 Å². The van der Waals surface area contributed by atoms with E-state index in [0.29, 0.717) is 12.0 Å². The first-order chi connectivity index (χ1) is 14.1. The topological polar surface area (TPSA) is 63.1 Å². The van der Waals surface area contributed by atoms with Gasteiger partial charge in [0, 0.05) is 25.2 Å². The van der Waals surface area contributed by atoms with Crippen LogP contribution in [0.15, 0.2) is 5.16 Å². The lowest BCUT2D eigenvalue weighted by Crippen LogP contribution is -2.43. The molecule has 2 heterocycles. The molecule has 5 rings (SSSR count). The number of carbonyl (C=O) groups is 1. The first-order valence-electron chi connectivity index (χ1n) is 11.8. The molecule has 4 aliphatic rings. The van der Waals surface area contributed by atoms with Crippen LogP contribution in [0.3, 0.4) is 0 Å². The molecule has 3 saturated carbocycles. The van der Waals surface area contributed by atoms with Crippen LogP contribution in [0, 0.1) is 17.8 Å². The third kappa shape index (κ3) is 4.04. The highest BCUT2D eigenvalue weighted by Gasteiger charge is 2.42. The van der Waals surface area contributed by atoms with Crippen LogP contribution in [0.5, 0.6) is 0 Å². The summed E-state index contributed by atoms with van der Waals surface area (Å²) in [5.41, 5.74) is 0. The van der Waals surface area contributed by atoms with Crippen LogP contribution in [0.25, 0.3) is 0 Å². The molecule has 6 nitrogen and oxygen atoms in total. The van der Waals surface area contributed by atoms with Crippen molar-refractivity contribution in [2.45, 2.75) is 94.1 Å². The molecule has 2 bridgehead atoms. The van der Waals surface area contributed by atoms with Crippen molar-refractivity contribution in [1.82, 2.24) is 20.1 Å². The summed E-state index contributed by atoms with van der Waals surface area (Å²) in [6, 6.07) is 0.804. The average Bonchev–Trinajstić information content (AvgIpc) is 3.14. The number of rotatable bonds is 7. The number of hydrogen-bond donors (Lipinski definition) is 1. The summed E-state index contributed by atoms with van der Waals surface area (Å²) < 4.78 is 2.32. The molecule has 5 atom stereocenters. The Bertz CT molecular complexity index is 742. The predicted molar refractivity (Wildman–Crippen MR) is 116 cm³/mol. The Balaban J connectivity index is 1.22. The Morgan fingerprint density at radius 3 is 2.52 bits per heavy atom. The van der Waals surface area contributed by atoms with Gasteiger partial charge in [-0.15, -0.1) is 10.2 Å². The highest BCUT2D eigenvalue weighted by atomic mass is 32.2. The van der Waals surface area contributed by atoms with Crippen LogP contribution < -0.4 is 10.2 Å². The zero-order valence-electron chi connectivity index (χ0n) is 17.8.